The molecule has 0 fully saturated rings. The van der Waals surface area contributed by atoms with Crippen molar-refractivity contribution in [3.8, 4) is 0 Å². The van der Waals surface area contributed by atoms with Gasteiger partial charge in [-0.2, -0.15) is 9.13 Å². The minimum atomic E-state index is 1.05. The number of rotatable bonds is 14. The maximum absolute atomic E-state index is 2.49. The molecule has 0 spiro atoms. The van der Waals surface area contributed by atoms with Crippen LogP contribution >= 0.6 is 21.6 Å². The van der Waals surface area contributed by atoms with Gasteiger partial charge in [0.1, 0.15) is 14.1 Å². The molecule has 2 heterocycles. The summed E-state index contributed by atoms with van der Waals surface area (Å²) in [6.45, 7) is 2.12. The molecule has 0 N–H and O–H groups in total. The second kappa shape index (κ2) is 16.8. The molecule has 0 aliphatic heterocycles. The highest BCUT2D eigenvalue weighted by molar-refractivity contribution is 8.76. The maximum atomic E-state index is 2.49. The fourth-order valence-electron chi connectivity index (χ4n) is 7.16. The van der Waals surface area contributed by atoms with Gasteiger partial charge in [0.05, 0.1) is 0 Å². The average Bonchev–Trinajstić information content (AvgIpc) is 3.13. The summed E-state index contributed by atoms with van der Waals surface area (Å²) >= 11 is 0. The Morgan fingerprint density at radius 3 is 2.23 bits per heavy atom. The number of benzene rings is 1. The summed E-state index contributed by atoms with van der Waals surface area (Å²) in [6, 6.07) is 17.8. The molecule has 0 radical (unpaired) electrons. The van der Waals surface area contributed by atoms with Crippen LogP contribution in [0.25, 0.3) is 23.1 Å². The molecule has 2 aromatic heterocycles. The normalized spacial score (nSPS) is 16.0. The van der Waals surface area contributed by atoms with Crippen LogP contribution in [0.5, 0.6) is 0 Å². The number of aryl methyl sites for hydroxylation is 2. The van der Waals surface area contributed by atoms with E-state index in [2.05, 4.69) is 144 Å². The van der Waals surface area contributed by atoms with Gasteiger partial charge in [0.2, 0.25) is 11.2 Å². The Morgan fingerprint density at radius 1 is 0.688 bits per heavy atom. The van der Waals surface area contributed by atoms with E-state index in [1.807, 2.05) is 21.6 Å². The summed E-state index contributed by atoms with van der Waals surface area (Å²) < 4.78 is 4.74. The van der Waals surface area contributed by atoms with E-state index in [1.54, 1.807) is 5.57 Å². The van der Waals surface area contributed by atoms with E-state index < -0.39 is 0 Å². The van der Waals surface area contributed by atoms with Crippen LogP contribution in [-0.2, 0) is 26.9 Å². The largest absolute Gasteiger partial charge is 0.374 e. The first-order valence-corrected chi connectivity index (χ1v) is 20.2. The average molecular weight is 677 g/mol. The van der Waals surface area contributed by atoms with E-state index in [1.165, 1.54) is 56.9 Å². The van der Waals surface area contributed by atoms with Crippen LogP contribution in [0, 0.1) is 0 Å². The Morgan fingerprint density at radius 2 is 1.40 bits per heavy atom. The third-order valence-corrected chi connectivity index (χ3v) is 12.5. The van der Waals surface area contributed by atoms with Crippen LogP contribution in [0.4, 0.5) is 0 Å². The second-order valence-corrected chi connectivity index (χ2v) is 15.9. The van der Waals surface area contributed by atoms with Crippen molar-refractivity contribution in [1.29, 1.82) is 0 Å². The molecular weight excluding hydrogens is 625 g/mol. The Hall–Kier alpha value is -3.48. The SMILES string of the molecule is CN(CCSSCCN(C)C1=C(CCc2ccc3ccccc3[n+]2C)CCC=C1)C1=C(/C=C/c2ccc3c([n+]2C)CCC=C3)CCC=C1. The third-order valence-electron chi connectivity index (χ3n) is 10.1. The molecule has 3 aliphatic carbocycles. The molecule has 1 aromatic carbocycles. The number of fused-ring (bicyclic) bond motifs is 2. The van der Waals surface area contributed by atoms with Crippen molar-refractivity contribution in [2.75, 3.05) is 38.7 Å². The van der Waals surface area contributed by atoms with Gasteiger partial charge in [-0.05, 0) is 80.0 Å². The van der Waals surface area contributed by atoms with Gasteiger partial charge in [-0.3, -0.25) is 0 Å². The molecule has 0 saturated heterocycles. The molecule has 0 unspecified atom stereocenters. The van der Waals surface area contributed by atoms with Crippen LogP contribution in [0.1, 0.15) is 61.2 Å². The van der Waals surface area contributed by atoms with Crippen molar-refractivity contribution < 1.29 is 9.13 Å². The van der Waals surface area contributed by atoms with Crippen molar-refractivity contribution >= 4 is 44.6 Å². The zero-order valence-corrected chi connectivity index (χ0v) is 31.0. The molecule has 0 amide bonds. The molecule has 6 heteroatoms. The van der Waals surface area contributed by atoms with Gasteiger partial charge in [-0.1, -0.05) is 64.1 Å². The monoisotopic (exact) mass is 676 g/mol. The first kappa shape index (κ1) is 34.4. The Labute approximate surface area is 296 Å². The zero-order chi connectivity index (χ0) is 33.3. The Balaban J connectivity index is 0.974. The first-order valence-electron chi connectivity index (χ1n) is 17.7. The predicted octanol–water partition coefficient (Wildman–Crippen LogP) is 8.55. The molecule has 3 aliphatic rings. The minimum Gasteiger partial charge on any atom is -0.374 e. The van der Waals surface area contributed by atoms with Crippen LogP contribution in [0.15, 0.2) is 108 Å². The van der Waals surface area contributed by atoms with Gasteiger partial charge in [-0.25, -0.2) is 0 Å². The summed E-state index contributed by atoms with van der Waals surface area (Å²) in [5.74, 6) is 2.24. The molecule has 0 bridgehead atoms. The highest BCUT2D eigenvalue weighted by atomic mass is 33.1. The highest BCUT2D eigenvalue weighted by Crippen LogP contribution is 2.28. The molecular formula is C42H52N4S2+2. The summed E-state index contributed by atoms with van der Waals surface area (Å²) in [7, 11) is 13.0. The van der Waals surface area contributed by atoms with E-state index in [9.17, 15) is 0 Å². The second-order valence-electron chi connectivity index (χ2n) is 13.2. The van der Waals surface area contributed by atoms with E-state index in [0.717, 1.165) is 69.5 Å². The van der Waals surface area contributed by atoms with E-state index >= 15 is 0 Å². The van der Waals surface area contributed by atoms with E-state index in [0.29, 0.717) is 0 Å². The van der Waals surface area contributed by atoms with Crippen molar-refractivity contribution in [1.82, 2.24) is 9.80 Å². The number of allylic oxidation sites excluding steroid dienone is 8. The predicted molar refractivity (Wildman–Crippen MR) is 208 cm³/mol. The van der Waals surface area contributed by atoms with Crippen molar-refractivity contribution in [3.63, 3.8) is 0 Å². The fourth-order valence-corrected chi connectivity index (χ4v) is 9.25. The lowest BCUT2D eigenvalue weighted by Gasteiger charge is -2.26. The number of para-hydroxylation sites is 1. The molecule has 4 nitrogen and oxygen atoms in total. The van der Waals surface area contributed by atoms with Gasteiger partial charge >= 0.3 is 0 Å². The molecule has 48 heavy (non-hydrogen) atoms. The van der Waals surface area contributed by atoms with Gasteiger partial charge in [0, 0.05) is 98.2 Å². The summed E-state index contributed by atoms with van der Waals surface area (Å²) in [4.78, 5) is 4.94. The van der Waals surface area contributed by atoms with Gasteiger partial charge in [0.15, 0.2) is 11.4 Å². The van der Waals surface area contributed by atoms with Crippen molar-refractivity contribution in [2.24, 2.45) is 14.1 Å². The standard InChI is InChI=1S/C42H52N4S2/c1-43(39-17-9-5-13-33(39)21-25-37-27-23-35-15-7-11-19-41(35)45(37)3)29-31-47-48-32-30-44(2)40-18-10-6-14-34(40)22-26-38-28-24-36-16-8-12-20-42(36)46(38)4/h7-11,15-19,22-24,26-28H,5-6,12-14,20-21,25,29-32H2,1-4H3/q+2. The smallest absolute Gasteiger partial charge is 0.212 e. The summed E-state index contributed by atoms with van der Waals surface area (Å²) in [6.07, 6.45) is 27.6. The Bertz CT molecular complexity index is 1790. The zero-order valence-electron chi connectivity index (χ0n) is 29.3. The number of pyridine rings is 2. The minimum absolute atomic E-state index is 1.05. The first-order chi connectivity index (χ1) is 23.5. The topological polar surface area (TPSA) is 14.2 Å². The molecule has 3 aromatic rings. The number of likely N-dealkylation sites (N-methyl/N-ethyl adjacent to an activating group) is 2. The summed E-state index contributed by atoms with van der Waals surface area (Å²) in [5, 5.41) is 1.31. The third kappa shape index (κ3) is 8.38. The summed E-state index contributed by atoms with van der Waals surface area (Å²) in [5.41, 5.74) is 12.6. The van der Waals surface area contributed by atoms with Crippen LogP contribution in [0.3, 0.4) is 0 Å². The van der Waals surface area contributed by atoms with Crippen LogP contribution in [0.2, 0.25) is 0 Å². The molecule has 6 rings (SSSR count). The lowest BCUT2D eigenvalue weighted by atomic mass is 9.96. The highest BCUT2D eigenvalue weighted by Gasteiger charge is 2.19. The number of aromatic nitrogens is 2. The van der Waals surface area contributed by atoms with E-state index in [4.69, 9.17) is 0 Å². The van der Waals surface area contributed by atoms with Crippen LogP contribution < -0.4 is 9.13 Å². The number of hydrogen-bond donors (Lipinski definition) is 0. The van der Waals surface area contributed by atoms with Gasteiger partial charge < -0.3 is 9.80 Å². The van der Waals surface area contributed by atoms with Crippen molar-refractivity contribution in [3.05, 3.63) is 130 Å². The van der Waals surface area contributed by atoms with Crippen LogP contribution in [-0.4, -0.2) is 48.5 Å². The fraction of sp³-hybridized carbons (Fsp3) is 0.381. The molecule has 250 valence electrons. The van der Waals surface area contributed by atoms with E-state index in [-0.39, 0.29) is 0 Å². The van der Waals surface area contributed by atoms with Gasteiger partial charge in [0.25, 0.3) is 0 Å². The number of nitrogens with zero attached hydrogens (tertiary/aromatic N) is 4. The van der Waals surface area contributed by atoms with Gasteiger partial charge in [-0.15, -0.1) is 0 Å². The molecule has 0 saturated carbocycles. The Kier molecular flexibility index (Phi) is 12.0. The molecule has 0 atom stereocenters. The lowest BCUT2D eigenvalue weighted by molar-refractivity contribution is -0.681. The quantitative estimate of drug-likeness (QED) is 0.0965. The van der Waals surface area contributed by atoms with Crippen molar-refractivity contribution in [2.45, 2.75) is 51.4 Å². The maximum Gasteiger partial charge on any atom is 0.212 e. The number of hydrogen-bond acceptors (Lipinski definition) is 4. The lowest BCUT2D eigenvalue weighted by Crippen LogP contribution is -2.38.